The van der Waals surface area contributed by atoms with Gasteiger partial charge in [-0.2, -0.15) is 5.10 Å². The maximum atomic E-state index is 12.8. The number of hydrogen-bond acceptors (Lipinski definition) is 4. The first-order valence-electron chi connectivity index (χ1n) is 7.99. The number of rotatable bonds is 3. The molecule has 126 valence electrons. The van der Waals surface area contributed by atoms with E-state index < -0.39 is 11.4 Å². The summed E-state index contributed by atoms with van der Waals surface area (Å²) in [5.74, 6) is -0.880. The summed E-state index contributed by atoms with van der Waals surface area (Å²) in [5.41, 5.74) is 0.505. The van der Waals surface area contributed by atoms with Crippen molar-refractivity contribution in [1.82, 2.24) is 14.7 Å². The minimum Gasteiger partial charge on any atom is -0.481 e. The topological polar surface area (TPSA) is 84.7 Å². The van der Waals surface area contributed by atoms with Gasteiger partial charge in [0.2, 0.25) is 0 Å². The van der Waals surface area contributed by atoms with Crippen LogP contribution in [0.1, 0.15) is 42.4 Å². The zero-order valence-electron chi connectivity index (χ0n) is 13.8. The average Bonchev–Trinajstić information content (AvgIpc) is 3.08. The Kier molecular flexibility index (Phi) is 3.91. The van der Waals surface area contributed by atoms with Crippen molar-refractivity contribution in [3.8, 4) is 0 Å². The molecule has 23 heavy (non-hydrogen) atoms. The molecule has 0 aliphatic carbocycles. The molecule has 0 saturated carbocycles. The highest BCUT2D eigenvalue weighted by molar-refractivity contribution is 5.93. The normalized spacial score (nSPS) is 27.3. The number of carboxylic acids is 1. The van der Waals surface area contributed by atoms with E-state index in [0.29, 0.717) is 31.9 Å². The highest BCUT2D eigenvalue weighted by Crippen LogP contribution is 2.42. The van der Waals surface area contributed by atoms with Crippen LogP contribution in [-0.4, -0.2) is 58.0 Å². The summed E-state index contributed by atoms with van der Waals surface area (Å²) in [5, 5.41) is 14.1. The molecular weight excluding hydrogens is 298 g/mol. The summed E-state index contributed by atoms with van der Waals surface area (Å²) in [6.45, 7) is 5.56. The number of aryl methyl sites for hydroxylation is 1. The molecule has 2 fully saturated rings. The number of carbonyl (C=O) groups is 2. The van der Waals surface area contributed by atoms with E-state index in [4.69, 9.17) is 4.74 Å². The molecule has 0 unspecified atom stereocenters. The zero-order valence-corrected chi connectivity index (χ0v) is 13.8. The third kappa shape index (κ3) is 2.52. The summed E-state index contributed by atoms with van der Waals surface area (Å²) < 4.78 is 7.02. The SMILES string of the molecule is CC(C)c1cc(C(=O)N2C[C@H]3COCC[C@@]3(C(=O)O)C2)n(C)n1. The van der Waals surface area contributed by atoms with Gasteiger partial charge in [-0.25, -0.2) is 0 Å². The molecule has 0 radical (unpaired) electrons. The molecule has 2 saturated heterocycles. The van der Waals surface area contributed by atoms with Crippen LogP contribution in [0.3, 0.4) is 0 Å². The molecule has 2 aliphatic rings. The van der Waals surface area contributed by atoms with Gasteiger partial charge in [0.05, 0.1) is 17.7 Å². The van der Waals surface area contributed by atoms with Gasteiger partial charge in [-0.15, -0.1) is 0 Å². The summed E-state index contributed by atoms with van der Waals surface area (Å²) in [7, 11) is 1.75. The molecule has 3 rings (SSSR count). The third-order valence-corrected chi connectivity index (χ3v) is 5.13. The molecule has 1 aromatic heterocycles. The van der Waals surface area contributed by atoms with Crippen LogP contribution in [0.25, 0.3) is 0 Å². The Morgan fingerprint density at radius 1 is 1.48 bits per heavy atom. The van der Waals surface area contributed by atoms with E-state index in [2.05, 4.69) is 5.10 Å². The van der Waals surface area contributed by atoms with E-state index in [1.165, 1.54) is 0 Å². The van der Waals surface area contributed by atoms with Gasteiger partial charge in [-0.1, -0.05) is 13.8 Å². The Bertz CT molecular complexity index is 639. The molecule has 0 aromatic carbocycles. The summed E-state index contributed by atoms with van der Waals surface area (Å²) in [4.78, 5) is 26.3. The molecule has 7 nitrogen and oxygen atoms in total. The van der Waals surface area contributed by atoms with Gasteiger partial charge in [-0.3, -0.25) is 14.3 Å². The molecule has 1 N–H and O–H groups in total. The van der Waals surface area contributed by atoms with Gasteiger partial charge >= 0.3 is 5.97 Å². The molecule has 3 heterocycles. The first kappa shape index (κ1) is 16.0. The van der Waals surface area contributed by atoms with Crippen LogP contribution in [0.4, 0.5) is 0 Å². The van der Waals surface area contributed by atoms with Gasteiger partial charge in [0, 0.05) is 32.7 Å². The van der Waals surface area contributed by atoms with Crippen molar-refractivity contribution in [2.24, 2.45) is 18.4 Å². The maximum absolute atomic E-state index is 12.8. The lowest BCUT2D eigenvalue weighted by atomic mass is 9.74. The lowest BCUT2D eigenvalue weighted by Crippen LogP contribution is -2.45. The minimum atomic E-state index is -0.868. The summed E-state index contributed by atoms with van der Waals surface area (Å²) in [6.07, 6.45) is 0.458. The monoisotopic (exact) mass is 321 g/mol. The van der Waals surface area contributed by atoms with Gasteiger partial charge < -0.3 is 14.7 Å². The highest BCUT2D eigenvalue weighted by atomic mass is 16.5. The predicted octanol–water partition coefficient (Wildman–Crippen LogP) is 1.11. The Hall–Kier alpha value is -1.89. The number of carboxylic acid groups (broad SMARTS) is 1. The lowest BCUT2D eigenvalue weighted by Gasteiger charge is -2.33. The van der Waals surface area contributed by atoms with Crippen LogP contribution in [0.5, 0.6) is 0 Å². The van der Waals surface area contributed by atoms with E-state index in [1.54, 1.807) is 22.7 Å². The van der Waals surface area contributed by atoms with E-state index in [1.807, 2.05) is 13.8 Å². The van der Waals surface area contributed by atoms with Crippen molar-refractivity contribution in [3.63, 3.8) is 0 Å². The molecule has 0 bridgehead atoms. The molecule has 2 atom stereocenters. The molecule has 1 amide bonds. The number of nitrogens with zero attached hydrogens (tertiary/aromatic N) is 3. The second kappa shape index (κ2) is 5.63. The van der Waals surface area contributed by atoms with Crippen LogP contribution in [-0.2, 0) is 16.6 Å². The molecule has 1 aromatic rings. The van der Waals surface area contributed by atoms with Crippen molar-refractivity contribution in [1.29, 1.82) is 0 Å². The van der Waals surface area contributed by atoms with Gasteiger partial charge in [0.15, 0.2) is 0 Å². The van der Waals surface area contributed by atoms with Crippen LogP contribution >= 0.6 is 0 Å². The first-order chi connectivity index (χ1) is 10.8. The summed E-state index contributed by atoms with van der Waals surface area (Å²) >= 11 is 0. The second-order valence-electron chi connectivity index (χ2n) is 6.90. The summed E-state index contributed by atoms with van der Waals surface area (Å²) in [6, 6.07) is 1.80. The van der Waals surface area contributed by atoms with Gasteiger partial charge in [0.25, 0.3) is 5.91 Å². The number of ether oxygens (including phenoxy) is 1. The van der Waals surface area contributed by atoms with Crippen LogP contribution in [0.15, 0.2) is 6.07 Å². The van der Waals surface area contributed by atoms with E-state index in [9.17, 15) is 14.7 Å². The Labute approximate surface area is 135 Å². The Morgan fingerprint density at radius 3 is 2.78 bits per heavy atom. The van der Waals surface area contributed by atoms with Crippen molar-refractivity contribution < 1.29 is 19.4 Å². The van der Waals surface area contributed by atoms with Crippen molar-refractivity contribution in [2.45, 2.75) is 26.2 Å². The minimum absolute atomic E-state index is 0.143. The first-order valence-corrected chi connectivity index (χ1v) is 7.99. The number of carbonyl (C=O) groups excluding carboxylic acids is 1. The third-order valence-electron chi connectivity index (χ3n) is 5.13. The standard InChI is InChI=1S/C16H23N3O4/c1-10(2)12-6-13(18(3)17-12)14(20)19-7-11-8-23-5-4-16(11,9-19)15(21)22/h6,10-11H,4-5,7-9H2,1-3H3,(H,21,22)/t11-,16+/m0/s1. The number of amides is 1. The predicted molar refractivity (Wildman–Crippen MR) is 82.2 cm³/mol. The van der Waals surface area contributed by atoms with Crippen molar-refractivity contribution >= 4 is 11.9 Å². The van der Waals surface area contributed by atoms with Gasteiger partial charge in [0.1, 0.15) is 5.69 Å². The molecule has 7 heteroatoms. The molecular formula is C16H23N3O4. The Balaban J connectivity index is 1.85. The fourth-order valence-electron chi connectivity index (χ4n) is 3.59. The van der Waals surface area contributed by atoms with E-state index in [-0.39, 0.29) is 24.3 Å². The number of hydrogen-bond donors (Lipinski definition) is 1. The second-order valence-corrected chi connectivity index (χ2v) is 6.90. The average molecular weight is 321 g/mol. The van der Waals surface area contributed by atoms with Crippen LogP contribution in [0, 0.1) is 11.3 Å². The highest BCUT2D eigenvalue weighted by Gasteiger charge is 2.55. The van der Waals surface area contributed by atoms with E-state index in [0.717, 1.165) is 5.69 Å². The zero-order chi connectivity index (χ0) is 16.8. The number of aromatic nitrogens is 2. The van der Waals surface area contributed by atoms with Crippen molar-refractivity contribution in [3.05, 3.63) is 17.5 Å². The van der Waals surface area contributed by atoms with Crippen LogP contribution < -0.4 is 0 Å². The van der Waals surface area contributed by atoms with E-state index >= 15 is 0 Å². The number of likely N-dealkylation sites (tertiary alicyclic amines) is 1. The maximum Gasteiger partial charge on any atom is 0.311 e. The number of aliphatic carboxylic acids is 1. The largest absolute Gasteiger partial charge is 0.481 e. The quantitative estimate of drug-likeness (QED) is 0.901. The van der Waals surface area contributed by atoms with Crippen LogP contribution in [0.2, 0.25) is 0 Å². The lowest BCUT2D eigenvalue weighted by molar-refractivity contribution is -0.157. The fourth-order valence-corrected chi connectivity index (χ4v) is 3.59. The number of fused-ring (bicyclic) bond motifs is 1. The fraction of sp³-hybridized carbons (Fsp3) is 0.688. The molecule has 0 spiro atoms. The smallest absolute Gasteiger partial charge is 0.311 e. The molecule has 2 aliphatic heterocycles. The van der Waals surface area contributed by atoms with Crippen molar-refractivity contribution in [2.75, 3.05) is 26.3 Å². The Morgan fingerprint density at radius 2 is 2.22 bits per heavy atom. The van der Waals surface area contributed by atoms with Gasteiger partial charge in [-0.05, 0) is 18.4 Å².